The number of hydrogen-bond donors (Lipinski definition) is 2. The van der Waals surface area contributed by atoms with E-state index in [-0.39, 0.29) is 18.9 Å². The van der Waals surface area contributed by atoms with Gasteiger partial charge in [0.15, 0.2) is 0 Å². The van der Waals surface area contributed by atoms with Gasteiger partial charge in [0.25, 0.3) is 5.91 Å². The van der Waals surface area contributed by atoms with Crippen LogP contribution in [0.1, 0.15) is 36.5 Å². The lowest BCUT2D eigenvalue weighted by molar-refractivity contribution is -0.162. The number of carbonyl (C=O) groups is 2. The zero-order chi connectivity index (χ0) is 18.0. The van der Waals surface area contributed by atoms with Gasteiger partial charge >= 0.3 is 5.97 Å². The van der Waals surface area contributed by atoms with Crippen LogP contribution in [0.2, 0.25) is 0 Å². The molecule has 2 aromatic rings. The van der Waals surface area contributed by atoms with Gasteiger partial charge in [-0.1, -0.05) is 31.5 Å². The Bertz CT molecular complexity index is 802. The number of aromatic nitrogens is 1. The number of benzene rings is 1. The summed E-state index contributed by atoms with van der Waals surface area (Å²) in [5, 5.41) is 21.0. The summed E-state index contributed by atoms with van der Waals surface area (Å²) in [5.41, 5.74) is -0.0700. The molecule has 1 aliphatic heterocycles. The van der Waals surface area contributed by atoms with Crippen molar-refractivity contribution in [2.24, 2.45) is 5.41 Å². The number of pyridine rings is 1. The predicted octanol–water partition coefficient (Wildman–Crippen LogP) is 2.31. The van der Waals surface area contributed by atoms with Crippen LogP contribution in [-0.4, -0.2) is 51.2 Å². The maximum Gasteiger partial charge on any atom is 0.312 e. The molecule has 132 valence electrons. The van der Waals surface area contributed by atoms with Gasteiger partial charge in [-0.3, -0.25) is 14.6 Å². The van der Waals surface area contributed by atoms with E-state index in [0.717, 1.165) is 5.39 Å². The van der Waals surface area contributed by atoms with Crippen LogP contribution in [-0.2, 0) is 4.79 Å². The average Bonchev–Trinajstić information content (AvgIpc) is 2.62. The normalized spacial score (nSPS) is 23.6. The molecular formula is C19H22N2O4. The maximum atomic E-state index is 12.9. The number of β-amino-alcohol motifs (C(OH)–C–C–N with tert-alkyl or cyclic N) is 1. The molecule has 1 aromatic heterocycles. The number of carboxylic acid groups (broad SMARTS) is 1. The molecule has 0 radical (unpaired) electrons. The molecule has 1 aliphatic rings. The summed E-state index contributed by atoms with van der Waals surface area (Å²) in [6.07, 6.45) is 1.89. The lowest BCUT2D eigenvalue weighted by Crippen LogP contribution is -2.56. The Morgan fingerprint density at radius 3 is 2.76 bits per heavy atom. The van der Waals surface area contributed by atoms with Gasteiger partial charge in [-0.2, -0.15) is 0 Å². The maximum absolute atomic E-state index is 12.9. The summed E-state index contributed by atoms with van der Waals surface area (Å²) in [7, 11) is 0. The van der Waals surface area contributed by atoms with Crippen molar-refractivity contribution in [3.63, 3.8) is 0 Å². The van der Waals surface area contributed by atoms with Crippen molar-refractivity contribution in [2.45, 2.75) is 32.3 Å². The highest BCUT2D eigenvalue weighted by Crippen LogP contribution is 2.37. The van der Waals surface area contributed by atoms with Gasteiger partial charge in [0, 0.05) is 24.7 Å². The quantitative estimate of drug-likeness (QED) is 0.890. The molecule has 6 nitrogen and oxygen atoms in total. The van der Waals surface area contributed by atoms with Gasteiger partial charge in [-0.25, -0.2) is 0 Å². The van der Waals surface area contributed by atoms with Gasteiger partial charge in [0.1, 0.15) is 0 Å². The molecule has 2 atom stereocenters. The third-order valence-corrected chi connectivity index (χ3v) is 5.13. The van der Waals surface area contributed by atoms with Crippen LogP contribution in [0.15, 0.2) is 36.5 Å². The van der Waals surface area contributed by atoms with Crippen LogP contribution >= 0.6 is 0 Å². The first kappa shape index (κ1) is 17.4. The fourth-order valence-electron chi connectivity index (χ4n) is 3.70. The molecule has 0 aliphatic carbocycles. The number of para-hydroxylation sites is 1. The van der Waals surface area contributed by atoms with E-state index in [1.165, 1.54) is 4.90 Å². The van der Waals surface area contributed by atoms with Gasteiger partial charge in [-0.15, -0.1) is 0 Å². The zero-order valence-electron chi connectivity index (χ0n) is 14.2. The Kier molecular flexibility index (Phi) is 4.72. The zero-order valence-corrected chi connectivity index (χ0v) is 14.2. The Morgan fingerprint density at radius 1 is 1.32 bits per heavy atom. The van der Waals surface area contributed by atoms with Gasteiger partial charge in [-0.05, 0) is 25.0 Å². The van der Waals surface area contributed by atoms with E-state index in [4.69, 9.17) is 0 Å². The number of carboxylic acids is 1. The van der Waals surface area contributed by atoms with Crippen LogP contribution in [0.4, 0.5) is 0 Å². The van der Waals surface area contributed by atoms with Crippen LogP contribution in [0.25, 0.3) is 10.9 Å². The molecule has 1 aromatic carbocycles. The highest BCUT2D eigenvalue weighted by Gasteiger charge is 2.48. The van der Waals surface area contributed by atoms with E-state index in [1.807, 2.05) is 25.1 Å². The highest BCUT2D eigenvalue weighted by molar-refractivity contribution is 6.05. The highest BCUT2D eigenvalue weighted by atomic mass is 16.4. The number of hydrogen-bond acceptors (Lipinski definition) is 4. The molecule has 1 fully saturated rings. The predicted molar refractivity (Wildman–Crippen MR) is 93.2 cm³/mol. The van der Waals surface area contributed by atoms with E-state index < -0.39 is 17.5 Å². The number of aliphatic hydroxyl groups is 1. The number of fused-ring (bicyclic) bond motifs is 1. The van der Waals surface area contributed by atoms with Crippen molar-refractivity contribution in [3.8, 4) is 0 Å². The Hall–Kier alpha value is -2.47. The Labute approximate surface area is 146 Å². The molecule has 3 rings (SSSR count). The molecule has 2 heterocycles. The van der Waals surface area contributed by atoms with E-state index in [9.17, 15) is 19.8 Å². The summed E-state index contributed by atoms with van der Waals surface area (Å²) in [6.45, 7) is 2.23. The van der Waals surface area contributed by atoms with E-state index in [1.54, 1.807) is 18.3 Å². The van der Waals surface area contributed by atoms with Crippen LogP contribution in [0.5, 0.6) is 0 Å². The first-order valence-electron chi connectivity index (χ1n) is 8.54. The number of carbonyl (C=O) groups excluding carboxylic acids is 1. The molecule has 25 heavy (non-hydrogen) atoms. The Morgan fingerprint density at radius 2 is 2.08 bits per heavy atom. The van der Waals surface area contributed by atoms with Crippen molar-refractivity contribution in [3.05, 3.63) is 42.1 Å². The standard InChI is InChI=1S/C19H22N2O4/c1-2-8-19(18(24)25)9-11-21(12-15(19)22)17(23)14-7-3-5-13-6-4-10-20-16(13)14/h3-7,10,15,22H,2,8-9,11-12H2,1H3,(H,24,25)/t15-,19-/m0/s1. The van der Waals surface area contributed by atoms with Crippen molar-refractivity contribution >= 4 is 22.8 Å². The molecule has 2 N–H and O–H groups in total. The van der Waals surface area contributed by atoms with Gasteiger partial charge in [0.05, 0.1) is 22.6 Å². The van der Waals surface area contributed by atoms with Crippen molar-refractivity contribution in [1.29, 1.82) is 0 Å². The van der Waals surface area contributed by atoms with Crippen molar-refractivity contribution in [2.75, 3.05) is 13.1 Å². The molecule has 6 heteroatoms. The van der Waals surface area contributed by atoms with E-state index in [0.29, 0.717) is 30.5 Å². The molecule has 0 unspecified atom stereocenters. The first-order valence-corrected chi connectivity index (χ1v) is 8.54. The number of piperidine rings is 1. The molecule has 0 bridgehead atoms. The van der Waals surface area contributed by atoms with E-state index in [2.05, 4.69) is 4.98 Å². The summed E-state index contributed by atoms with van der Waals surface area (Å²) < 4.78 is 0. The fraction of sp³-hybridized carbons (Fsp3) is 0.421. The Balaban J connectivity index is 1.86. The second-order valence-corrected chi connectivity index (χ2v) is 6.61. The second kappa shape index (κ2) is 6.80. The number of amides is 1. The van der Waals surface area contributed by atoms with Gasteiger partial charge in [0.2, 0.25) is 0 Å². The minimum Gasteiger partial charge on any atom is -0.481 e. The average molecular weight is 342 g/mol. The smallest absolute Gasteiger partial charge is 0.312 e. The lowest BCUT2D eigenvalue weighted by Gasteiger charge is -2.42. The van der Waals surface area contributed by atoms with Crippen molar-refractivity contribution in [1.82, 2.24) is 9.88 Å². The number of nitrogens with zero attached hydrogens (tertiary/aromatic N) is 2. The molecular weight excluding hydrogens is 320 g/mol. The number of likely N-dealkylation sites (tertiary alicyclic amines) is 1. The summed E-state index contributed by atoms with van der Waals surface area (Å²) in [5.74, 6) is -1.21. The monoisotopic (exact) mass is 342 g/mol. The number of aliphatic carboxylic acids is 1. The topological polar surface area (TPSA) is 90.7 Å². The van der Waals surface area contributed by atoms with Crippen LogP contribution in [0, 0.1) is 5.41 Å². The minimum atomic E-state index is -1.16. The summed E-state index contributed by atoms with van der Waals surface area (Å²) in [6, 6.07) is 9.11. The third kappa shape index (κ3) is 2.98. The second-order valence-electron chi connectivity index (χ2n) is 6.61. The minimum absolute atomic E-state index is 0.0222. The SMILES string of the molecule is CCC[C@]1(C(=O)O)CCN(C(=O)c2cccc3cccnc23)C[C@@H]1O. The first-order chi connectivity index (χ1) is 12.0. The third-order valence-electron chi connectivity index (χ3n) is 5.13. The molecule has 1 amide bonds. The number of rotatable bonds is 4. The molecule has 1 saturated heterocycles. The van der Waals surface area contributed by atoms with Crippen LogP contribution < -0.4 is 0 Å². The van der Waals surface area contributed by atoms with E-state index >= 15 is 0 Å². The molecule has 0 spiro atoms. The fourth-order valence-corrected chi connectivity index (χ4v) is 3.70. The summed E-state index contributed by atoms with van der Waals surface area (Å²) in [4.78, 5) is 30.5. The van der Waals surface area contributed by atoms with Crippen LogP contribution in [0.3, 0.4) is 0 Å². The molecule has 0 saturated carbocycles. The number of aliphatic hydroxyl groups excluding tert-OH is 1. The lowest BCUT2D eigenvalue weighted by atomic mass is 9.72. The van der Waals surface area contributed by atoms with Crippen molar-refractivity contribution < 1.29 is 19.8 Å². The summed E-state index contributed by atoms with van der Waals surface area (Å²) >= 11 is 0. The largest absolute Gasteiger partial charge is 0.481 e. The van der Waals surface area contributed by atoms with Gasteiger partial charge < -0.3 is 15.1 Å².